The van der Waals surface area contributed by atoms with Gasteiger partial charge < -0.3 is 5.11 Å². The van der Waals surface area contributed by atoms with Crippen molar-refractivity contribution in [1.29, 1.82) is 0 Å². The van der Waals surface area contributed by atoms with Gasteiger partial charge in [-0.2, -0.15) is 11.8 Å². The van der Waals surface area contributed by atoms with Gasteiger partial charge in [0.05, 0.1) is 11.6 Å². The second-order valence-corrected chi connectivity index (χ2v) is 4.72. The predicted octanol–water partition coefficient (Wildman–Crippen LogP) is 2.50. The number of rotatable bonds is 4. The first-order valence-corrected chi connectivity index (χ1v) is 6.70. The average molecular weight is 233 g/mol. The largest absolute Gasteiger partial charge is 0.392 e. The van der Waals surface area contributed by atoms with Crippen molar-refractivity contribution in [2.45, 2.75) is 12.5 Å². The van der Waals surface area contributed by atoms with Gasteiger partial charge in [0.25, 0.3) is 0 Å². The summed E-state index contributed by atoms with van der Waals surface area (Å²) in [5, 5.41) is 10.9. The second-order valence-electron chi connectivity index (χ2n) is 3.81. The van der Waals surface area contributed by atoms with Crippen LogP contribution in [-0.2, 0) is 6.42 Å². The van der Waals surface area contributed by atoms with E-state index in [9.17, 15) is 5.11 Å². The summed E-state index contributed by atoms with van der Waals surface area (Å²) < 4.78 is 0. The number of aromatic nitrogens is 1. The first kappa shape index (κ1) is 11.4. The number of hydrogen-bond donors (Lipinski definition) is 1. The zero-order valence-corrected chi connectivity index (χ0v) is 10.1. The molecule has 84 valence electrons. The summed E-state index contributed by atoms with van der Waals surface area (Å²) in [6.07, 6.45) is 2.33. The van der Waals surface area contributed by atoms with Crippen LogP contribution in [0.3, 0.4) is 0 Å². The van der Waals surface area contributed by atoms with Gasteiger partial charge in [-0.15, -0.1) is 0 Å². The van der Waals surface area contributed by atoms with E-state index in [0.717, 1.165) is 22.3 Å². The first-order chi connectivity index (χ1) is 7.79. The summed E-state index contributed by atoms with van der Waals surface area (Å²) >= 11 is 1.65. The number of thioether (sulfide) groups is 1. The van der Waals surface area contributed by atoms with Crippen LogP contribution in [0.25, 0.3) is 10.9 Å². The number of pyridine rings is 1. The molecular weight excluding hydrogens is 218 g/mol. The predicted molar refractivity (Wildman–Crippen MR) is 69.8 cm³/mol. The molecule has 1 unspecified atom stereocenters. The maximum Gasteiger partial charge on any atom is 0.0705 e. The fraction of sp³-hybridized carbons (Fsp3) is 0.308. The smallest absolute Gasteiger partial charge is 0.0705 e. The molecule has 0 aliphatic carbocycles. The molecule has 0 saturated carbocycles. The van der Waals surface area contributed by atoms with Crippen molar-refractivity contribution in [2.24, 2.45) is 0 Å². The van der Waals surface area contributed by atoms with Gasteiger partial charge in [0.1, 0.15) is 0 Å². The number of para-hydroxylation sites is 1. The van der Waals surface area contributed by atoms with Crippen LogP contribution in [0, 0.1) is 0 Å². The lowest BCUT2D eigenvalue weighted by Gasteiger charge is -2.08. The molecule has 1 heterocycles. The lowest BCUT2D eigenvalue weighted by molar-refractivity contribution is 0.199. The molecule has 0 bridgehead atoms. The minimum absolute atomic E-state index is 0.302. The Morgan fingerprint density at radius 1 is 1.25 bits per heavy atom. The van der Waals surface area contributed by atoms with E-state index in [1.807, 2.05) is 36.6 Å². The topological polar surface area (TPSA) is 33.1 Å². The molecule has 1 N–H and O–H groups in total. The third-order valence-electron chi connectivity index (χ3n) is 2.46. The van der Waals surface area contributed by atoms with E-state index in [4.69, 9.17) is 0 Å². The molecular formula is C13H15NOS. The van der Waals surface area contributed by atoms with Crippen LogP contribution in [0.5, 0.6) is 0 Å². The van der Waals surface area contributed by atoms with E-state index in [-0.39, 0.29) is 6.10 Å². The van der Waals surface area contributed by atoms with Crippen LogP contribution < -0.4 is 0 Å². The van der Waals surface area contributed by atoms with Crippen LogP contribution in [0.4, 0.5) is 0 Å². The Bertz CT molecular complexity index is 472. The summed E-state index contributed by atoms with van der Waals surface area (Å²) in [6, 6.07) is 12.1. The lowest BCUT2D eigenvalue weighted by atomic mass is 10.1. The molecule has 0 aliphatic heterocycles. The number of aliphatic hydroxyl groups is 1. The zero-order valence-electron chi connectivity index (χ0n) is 9.26. The maximum absolute atomic E-state index is 9.71. The summed E-state index contributed by atoms with van der Waals surface area (Å²) in [4.78, 5) is 4.53. The molecule has 1 aromatic heterocycles. The molecule has 1 atom stereocenters. The maximum atomic E-state index is 9.71. The Kier molecular flexibility index (Phi) is 3.80. The van der Waals surface area contributed by atoms with Gasteiger partial charge in [-0.1, -0.05) is 24.3 Å². The van der Waals surface area contributed by atoms with Crippen LogP contribution in [0.1, 0.15) is 5.69 Å². The third-order valence-corrected chi connectivity index (χ3v) is 3.18. The summed E-state index contributed by atoms with van der Waals surface area (Å²) in [6.45, 7) is 0. The Morgan fingerprint density at radius 2 is 2.06 bits per heavy atom. The minimum Gasteiger partial charge on any atom is -0.392 e. The van der Waals surface area contributed by atoms with Crippen molar-refractivity contribution < 1.29 is 5.11 Å². The molecule has 0 saturated heterocycles. The summed E-state index contributed by atoms with van der Waals surface area (Å²) in [7, 11) is 0. The fourth-order valence-electron chi connectivity index (χ4n) is 1.71. The molecule has 0 spiro atoms. The van der Waals surface area contributed by atoms with E-state index in [1.165, 1.54) is 0 Å². The van der Waals surface area contributed by atoms with Crippen LogP contribution >= 0.6 is 11.8 Å². The minimum atomic E-state index is -0.302. The molecule has 2 nitrogen and oxygen atoms in total. The highest BCUT2D eigenvalue weighted by molar-refractivity contribution is 7.98. The molecule has 0 amide bonds. The van der Waals surface area contributed by atoms with Crippen molar-refractivity contribution in [3.05, 3.63) is 42.1 Å². The molecule has 2 aromatic rings. The monoisotopic (exact) mass is 233 g/mol. The Balaban J connectivity index is 2.19. The number of benzene rings is 1. The van der Waals surface area contributed by atoms with E-state index in [0.29, 0.717) is 6.42 Å². The highest BCUT2D eigenvalue weighted by Crippen LogP contribution is 2.13. The lowest BCUT2D eigenvalue weighted by Crippen LogP contribution is -2.14. The van der Waals surface area contributed by atoms with E-state index in [2.05, 4.69) is 11.1 Å². The van der Waals surface area contributed by atoms with Gasteiger partial charge in [-0.05, 0) is 18.4 Å². The Hall–Kier alpha value is -1.06. The van der Waals surface area contributed by atoms with Gasteiger partial charge in [0.15, 0.2) is 0 Å². The molecule has 1 aromatic carbocycles. The van der Waals surface area contributed by atoms with Gasteiger partial charge in [0.2, 0.25) is 0 Å². The zero-order chi connectivity index (χ0) is 11.4. The molecule has 3 heteroatoms. The number of aliphatic hydroxyl groups excluding tert-OH is 1. The molecule has 0 radical (unpaired) electrons. The number of nitrogens with zero attached hydrogens (tertiary/aromatic N) is 1. The normalized spacial score (nSPS) is 12.9. The first-order valence-electron chi connectivity index (χ1n) is 5.31. The SMILES string of the molecule is CSCC(O)Cc1ccc2ccccc2n1. The van der Waals surface area contributed by atoms with Crippen LogP contribution in [-0.4, -0.2) is 28.2 Å². The fourth-order valence-corrected chi connectivity index (χ4v) is 2.22. The standard InChI is InChI=1S/C13H15NOS/c1-16-9-12(15)8-11-7-6-10-4-2-3-5-13(10)14-11/h2-7,12,15H,8-9H2,1H3. The molecule has 16 heavy (non-hydrogen) atoms. The third kappa shape index (κ3) is 2.74. The summed E-state index contributed by atoms with van der Waals surface area (Å²) in [5.41, 5.74) is 1.96. The number of fused-ring (bicyclic) bond motifs is 1. The second kappa shape index (κ2) is 5.32. The van der Waals surface area contributed by atoms with Crippen LogP contribution in [0.15, 0.2) is 36.4 Å². The van der Waals surface area contributed by atoms with Crippen molar-refractivity contribution in [3.63, 3.8) is 0 Å². The molecule has 0 aliphatic rings. The van der Waals surface area contributed by atoms with Crippen molar-refractivity contribution in [1.82, 2.24) is 4.98 Å². The highest BCUT2D eigenvalue weighted by Gasteiger charge is 2.06. The van der Waals surface area contributed by atoms with Gasteiger partial charge >= 0.3 is 0 Å². The number of hydrogen-bond acceptors (Lipinski definition) is 3. The van der Waals surface area contributed by atoms with Gasteiger partial charge in [0, 0.05) is 23.3 Å². The molecule has 0 fully saturated rings. The summed E-state index contributed by atoms with van der Waals surface area (Å²) in [5.74, 6) is 0.758. The molecule has 2 rings (SSSR count). The highest BCUT2D eigenvalue weighted by atomic mass is 32.2. The van der Waals surface area contributed by atoms with Crippen molar-refractivity contribution in [3.8, 4) is 0 Å². The Morgan fingerprint density at radius 3 is 2.88 bits per heavy atom. The quantitative estimate of drug-likeness (QED) is 0.880. The van der Waals surface area contributed by atoms with Crippen molar-refractivity contribution in [2.75, 3.05) is 12.0 Å². The van der Waals surface area contributed by atoms with Gasteiger partial charge in [-0.25, -0.2) is 0 Å². The Labute approximate surface area is 99.7 Å². The van der Waals surface area contributed by atoms with E-state index in [1.54, 1.807) is 11.8 Å². The van der Waals surface area contributed by atoms with E-state index < -0.39 is 0 Å². The van der Waals surface area contributed by atoms with Crippen molar-refractivity contribution >= 4 is 22.7 Å². The van der Waals surface area contributed by atoms with Crippen LogP contribution in [0.2, 0.25) is 0 Å². The van der Waals surface area contributed by atoms with Gasteiger partial charge in [-0.3, -0.25) is 4.98 Å². The average Bonchev–Trinajstić information content (AvgIpc) is 2.29. The van der Waals surface area contributed by atoms with E-state index >= 15 is 0 Å².